The molecular formula is C23H15Cl2FN2O2S. The topological polar surface area (TPSA) is 49.4 Å². The third-order valence-electron chi connectivity index (χ3n) is 4.52. The first-order chi connectivity index (χ1) is 14.8. The number of halogens is 3. The number of aryl methyl sites for hydroxylation is 1. The lowest BCUT2D eigenvalue weighted by Crippen LogP contribution is -2.32. The van der Waals surface area contributed by atoms with Crippen molar-refractivity contribution in [1.29, 1.82) is 0 Å². The van der Waals surface area contributed by atoms with Gasteiger partial charge in [-0.15, -0.1) is 0 Å². The van der Waals surface area contributed by atoms with Crippen LogP contribution in [0.4, 0.5) is 15.8 Å². The van der Waals surface area contributed by atoms with Gasteiger partial charge in [0, 0.05) is 14.9 Å². The van der Waals surface area contributed by atoms with E-state index in [0.29, 0.717) is 0 Å². The van der Waals surface area contributed by atoms with Crippen LogP contribution in [0.15, 0.2) is 82.2 Å². The van der Waals surface area contributed by atoms with E-state index in [9.17, 15) is 14.0 Å². The molecule has 0 fully saturated rings. The molecule has 4 rings (SSSR count). The molecule has 8 heteroatoms. The molecule has 0 aliphatic carbocycles. The number of nitrogens with one attached hydrogen (secondary N) is 1. The molecule has 1 N–H and O–H groups in total. The molecule has 1 heterocycles. The summed E-state index contributed by atoms with van der Waals surface area (Å²) >= 11 is 13.3. The summed E-state index contributed by atoms with van der Waals surface area (Å²) < 4.78 is 14.3. The molecule has 31 heavy (non-hydrogen) atoms. The quantitative estimate of drug-likeness (QED) is 0.434. The largest absolute Gasteiger partial charge is 0.348 e. The number of rotatable bonds is 5. The Morgan fingerprint density at radius 1 is 0.903 bits per heavy atom. The van der Waals surface area contributed by atoms with Gasteiger partial charge in [-0.1, -0.05) is 64.8 Å². The zero-order valence-electron chi connectivity index (χ0n) is 16.2. The summed E-state index contributed by atoms with van der Waals surface area (Å²) in [5.74, 6) is -1.71. The predicted octanol–water partition coefficient (Wildman–Crippen LogP) is 6.43. The average Bonchev–Trinajstić information content (AvgIpc) is 2.94. The summed E-state index contributed by atoms with van der Waals surface area (Å²) in [4.78, 5) is 28.5. The van der Waals surface area contributed by atoms with Crippen LogP contribution in [0.5, 0.6) is 0 Å². The van der Waals surface area contributed by atoms with E-state index >= 15 is 0 Å². The molecule has 1 aliphatic heterocycles. The highest BCUT2D eigenvalue weighted by Crippen LogP contribution is 2.39. The summed E-state index contributed by atoms with van der Waals surface area (Å²) in [5.41, 5.74) is 1.37. The molecule has 0 saturated carbocycles. The fourth-order valence-electron chi connectivity index (χ4n) is 3.04. The Bertz CT molecular complexity index is 1210. The summed E-state index contributed by atoms with van der Waals surface area (Å²) in [6, 6.07) is 17.9. The predicted molar refractivity (Wildman–Crippen MR) is 123 cm³/mol. The van der Waals surface area contributed by atoms with Crippen LogP contribution in [-0.2, 0) is 9.59 Å². The molecule has 0 spiro atoms. The second kappa shape index (κ2) is 8.75. The smallest absolute Gasteiger partial charge is 0.283 e. The van der Waals surface area contributed by atoms with Gasteiger partial charge >= 0.3 is 0 Å². The van der Waals surface area contributed by atoms with Crippen molar-refractivity contribution in [1.82, 2.24) is 0 Å². The number of hydrogen-bond acceptors (Lipinski definition) is 4. The van der Waals surface area contributed by atoms with E-state index in [1.165, 1.54) is 30.3 Å². The van der Waals surface area contributed by atoms with Crippen LogP contribution in [0, 0.1) is 12.7 Å². The summed E-state index contributed by atoms with van der Waals surface area (Å²) in [6.45, 7) is 1.95. The summed E-state index contributed by atoms with van der Waals surface area (Å²) in [6.07, 6.45) is 0. The molecule has 0 radical (unpaired) electrons. The van der Waals surface area contributed by atoms with Crippen LogP contribution in [0.3, 0.4) is 0 Å². The van der Waals surface area contributed by atoms with Crippen molar-refractivity contribution < 1.29 is 14.0 Å². The maximum Gasteiger partial charge on any atom is 0.283 e. The molecule has 156 valence electrons. The van der Waals surface area contributed by atoms with Crippen molar-refractivity contribution in [2.24, 2.45) is 0 Å². The minimum atomic E-state index is -0.624. The van der Waals surface area contributed by atoms with Gasteiger partial charge in [0.15, 0.2) is 0 Å². The Morgan fingerprint density at radius 2 is 1.55 bits per heavy atom. The molecule has 1 aliphatic rings. The van der Waals surface area contributed by atoms with Crippen molar-refractivity contribution in [2.45, 2.75) is 11.8 Å². The third kappa shape index (κ3) is 4.46. The zero-order chi connectivity index (χ0) is 22.1. The molecule has 0 unspecified atom stereocenters. The maximum absolute atomic E-state index is 14.3. The molecule has 2 amide bonds. The number of para-hydroxylation sites is 1. The fraction of sp³-hybridized carbons (Fsp3) is 0.0435. The van der Waals surface area contributed by atoms with Crippen molar-refractivity contribution in [3.63, 3.8) is 0 Å². The first kappa shape index (κ1) is 21.4. The van der Waals surface area contributed by atoms with Gasteiger partial charge < -0.3 is 5.32 Å². The number of anilines is 2. The number of nitrogens with zero attached hydrogens (tertiary/aromatic N) is 1. The zero-order valence-corrected chi connectivity index (χ0v) is 18.5. The number of benzene rings is 3. The number of amides is 2. The first-order valence-electron chi connectivity index (χ1n) is 9.19. The highest BCUT2D eigenvalue weighted by molar-refractivity contribution is 8.04. The van der Waals surface area contributed by atoms with Crippen molar-refractivity contribution in [3.8, 4) is 0 Å². The van der Waals surface area contributed by atoms with Crippen molar-refractivity contribution in [2.75, 3.05) is 10.2 Å². The maximum atomic E-state index is 14.3. The van der Waals surface area contributed by atoms with E-state index in [0.717, 1.165) is 27.1 Å². The van der Waals surface area contributed by atoms with E-state index in [1.54, 1.807) is 12.1 Å². The molecular weight excluding hydrogens is 458 g/mol. The van der Waals surface area contributed by atoms with Gasteiger partial charge in [0.1, 0.15) is 16.4 Å². The lowest BCUT2D eigenvalue weighted by Gasteiger charge is -2.16. The molecule has 0 aromatic heterocycles. The number of thioether (sulfide) groups is 1. The van der Waals surface area contributed by atoms with Gasteiger partial charge in [-0.3, -0.25) is 9.59 Å². The van der Waals surface area contributed by atoms with Crippen LogP contribution < -0.4 is 10.2 Å². The second-order valence-corrected chi connectivity index (χ2v) is 8.75. The van der Waals surface area contributed by atoms with Crippen LogP contribution in [0.1, 0.15) is 5.56 Å². The second-order valence-electron chi connectivity index (χ2n) is 6.80. The van der Waals surface area contributed by atoms with Crippen molar-refractivity contribution in [3.05, 3.63) is 98.8 Å². The van der Waals surface area contributed by atoms with E-state index < -0.39 is 17.6 Å². The standard InChI is InChI=1S/C23H15Cl2FN2O2S/c1-13-6-8-17(9-7-13)31-21-20(27-19-5-3-2-4-18(19)26)22(29)28(23(21)30)16-11-14(24)10-15(25)12-16/h2-12,27H,1H3. The molecule has 3 aromatic carbocycles. The minimum absolute atomic E-state index is 0.0169. The van der Waals surface area contributed by atoms with Crippen LogP contribution in [0.25, 0.3) is 0 Å². The molecule has 0 saturated heterocycles. The Kier molecular flexibility index (Phi) is 6.05. The Balaban J connectivity index is 1.78. The molecule has 4 nitrogen and oxygen atoms in total. The SMILES string of the molecule is Cc1ccc(SC2=C(Nc3ccccc3F)C(=O)N(c3cc(Cl)cc(Cl)c3)C2=O)cc1. The Morgan fingerprint density at radius 3 is 2.19 bits per heavy atom. The fourth-order valence-corrected chi connectivity index (χ4v) is 4.48. The van der Waals surface area contributed by atoms with E-state index in [2.05, 4.69) is 5.32 Å². The Hall–Kier alpha value is -2.80. The summed E-state index contributed by atoms with van der Waals surface area (Å²) in [7, 11) is 0. The number of carbonyl (C=O) groups excluding carboxylic acids is 2. The first-order valence-corrected chi connectivity index (χ1v) is 10.8. The van der Waals surface area contributed by atoms with Crippen molar-refractivity contribution >= 4 is 58.2 Å². The van der Waals surface area contributed by atoms with E-state index in [4.69, 9.17) is 23.2 Å². The molecule has 0 bridgehead atoms. The number of imide groups is 1. The van der Waals surface area contributed by atoms with Gasteiger partial charge in [0.25, 0.3) is 11.8 Å². The lowest BCUT2D eigenvalue weighted by molar-refractivity contribution is -0.120. The van der Waals surface area contributed by atoms with Crippen LogP contribution in [0.2, 0.25) is 10.0 Å². The van der Waals surface area contributed by atoms with E-state index in [1.807, 2.05) is 31.2 Å². The highest BCUT2D eigenvalue weighted by atomic mass is 35.5. The van der Waals surface area contributed by atoms with Gasteiger partial charge in [-0.2, -0.15) is 0 Å². The lowest BCUT2D eigenvalue weighted by atomic mass is 10.2. The number of carbonyl (C=O) groups is 2. The van der Waals surface area contributed by atoms with Gasteiger partial charge in [-0.05, 0) is 49.4 Å². The average molecular weight is 473 g/mol. The van der Waals surface area contributed by atoms with E-state index in [-0.39, 0.29) is 32.0 Å². The van der Waals surface area contributed by atoms with Crippen LogP contribution in [-0.4, -0.2) is 11.8 Å². The normalized spacial score (nSPS) is 13.9. The number of hydrogen-bond donors (Lipinski definition) is 1. The van der Waals surface area contributed by atoms with Gasteiger partial charge in [0.05, 0.1) is 11.4 Å². The third-order valence-corrected chi connectivity index (χ3v) is 6.05. The van der Waals surface area contributed by atoms with Gasteiger partial charge in [-0.25, -0.2) is 9.29 Å². The highest BCUT2D eigenvalue weighted by Gasteiger charge is 2.40. The van der Waals surface area contributed by atoms with Gasteiger partial charge in [0.2, 0.25) is 0 Å². The summed E-state index contributed by atoms with van der Waals surface area (Å²) in [5, 5.41) is 3.37. The minimum Gasteiger partial charge on any atom is -0.348 e. The van der Waals surface area contributed by atoms with Crippen LogP contribution >= 0.6 is 35.0 Å². The monoisotopic (exact) mass is 472 g/mol. The Labute approximate surface area is 192 Å². The molecule has 3 aromatic rings. The molecule has 0 atom stereocenters.